The van der Waals surface area contributed by atoms with Crippen molar-refractivity contribution in [1.82, 2.24) is 15.1 Å². The lowest BCUT2D eigenvalue weighted by molar-refractivity contribution is -0.152. The maximum Gasteiger partial charge on any atom is 0.317 e. The van der Waals surface area contributed by atoms with Crippen LogP contribution in [0.2, 0.25) is 0 Å². The highest BCUT2D eigenvalue weighted by Crippen LogP contribution is 2.14. The van der Waals surface area contributed by atoms with E-state index in [0.717, 1.165) is 38.4 Å². The van der Waals surface area contributed by atoms with Gasteiger partial charge in [-0.25, -0.2) is 4.79 Å². The summed E-state index contributed by atoms with van der Waals surface area (Å²) in [5.74, 6) is -2.88. The number of rotatable bonds is 52. The summed E-state index contributed by atoms with van der Waals surface area (Å²) < 4.78 is 31.1. The smallest absolute Gasteiger partial charge is 0.317 e. The quantitative estimate of drug-likeness (QED) is 0.0262. The summed E-state index contributed by atoms with van der Waals surface area (Å²) in [7, 11) is 5.24. The lowest BCUT2D eigenvalue weighted by atomic mass is 10.1. The van der Waals surface area contributed by atoms with Crippen molar-refractivity contribution in [2.75, 3.05) is 87.0 Å². The van der Waals surface area contributed by atoms with Crippen LogP contribution in [0.5, 0.6) is 0 Å². The van der Waals surface area contributed by atoms with Gasteiger partial charge in [-0.15, -0.1) is 0 Å². The monoisotopic (exact) mass is 1170 g/mol. The largest absolute Gasteiger partial charge is 0.467 e. The van der Waals surface area contributed by atoms with Gasteiger partial charge in [0.15, 0.2) is 0 Å². The second-order valence-electron chi connectivity index (χ2n) is 21.8. The summed E-state index contributed by atoms with van der Waals surface area (Å²) in [5.41, 5.74) is 0. The normalized spacial score (nSPS) is 11.1. The van der Waals surface area contributed by atoms with E-state index in [4.69, 9.17) is 28.4 Å². The maximum atomic E-state index is 12.9. The van der Waals surface area contributed by atoms with E-state index in [0.29, 0.717) is 19.5 Å². The Balaban J connectivity index is -0.000000512. The van der Waals surface area contributed by atoms with Gasteiger partial charge in [-0.05, 0) is 26.9 Å². The van der Waals surface area contributed by atoms with Crippen LogP contribution in [0.1, 0.15) is 287 Å². The third kappa shape index (κ3) is 76.2. The molecule has 0 bridgehead atoms. The highest BCUT2D eigenvalue weighted by atomic mass is 16.6. The first-order valence-electron chi connectivity index (χ1n) is 33.0. The predicted octanol–water partition coefficient (Wildman–Crippen LogP) is 15.8. The topological polar surface area (TPSA) is 193 Å². The standard InChI is InChI=1S/C36H65N3O12.C12H24O.C12H26.2C3H8/c1-6-8-9-10-11-12-13-14-15-16-33(42)51-27-30(25-46-5)23-34(43)48-21-19-39(36(45)37-17-18-38(3)4)20-22-49-35(44)24-31(26-47-29-40)28-50-32(41)7-2;1-2-3-4-5-6-7-8-9-10-11-12-13;1-3-5-7-9-11-12-10-8-6-4-2;2*1-3-2/h29-31H,6-28H2,1-5H3,(H,37,45);12H,2-11H2,1H3;3-12H2,1-2H3;2*3H2,1-2H3. The Kier molecular flexibility index (Phi) is 79.8. The minimum Gasteiger partial charge on any atom is -0.467 e. The van der Waals surface area contributed by atoms with Crippen molar-refractivity contribution in [3.05, 3.63) is 0 Å². The number of amides is 2. The Morgan fingerprint density at radius 2 is 0.805 bits per heavy atom. The van der Waals surface area contributed by atoms with Crippen molar-refractivity contribution >= 4 is 42.7 Å². The zero-order valence-electron chi connectivity index (χ0n) is 55.3. The molecule has 0 heterocycles. The number of hydrogen-bond acceptors (Lipinski definition) is 14. The predicted molar refractivity (Wildman–Crippen MR) is 337 cm³/mol. The van der Waals surface area contributed by atoms with Crippen LogP contribution in [0.4, 0.5) is 4.79 Å². The summed E-state index contributed by atoms with van der Waals surface area (Å²) >= 11 is 0. The highest BCUT2D eigenvalue weighted by molar-refractivity contribution is 5.74. The summed E-state index contributed by atoms with van der Waals surface area (Å²) in [6.07, 6.45) is 41.3. The summed E-state index contributed by atoms with van der Waals surface area (Å²) in [6.45, 7) is 20.1. The number of aldehydes is 1. The number of nitrogens with one attached hydrogen (secondary N) is 1. The number of unbranched alkanes of at least 4 members (excludes halogenated alkanes) is 26. The maximum absolute atomic E-state index is 12.9. The van der Waals surface area contributed by atoms with E-state index in [1.54, 1.807) is 6.92 Å². The number of carbonyl (C=O) groups is 7. The number of hydrogen-bond donors (Lipinski definition) is 1. The number of methoxy groups -OCH3 is 1. The first-order chi connectivity index (χ1) is 39.7. The van der Waals surface area contributed by atoms with E-state index < -0.39 is 29.9 Å². The van der Waals surface area contributed by atoms with Gasteiger partial charge >= 0.3 is 29.9 Å². The molecular formula is C66H131N3O13. The Hall–Kier alpha value is -3.79. The molecule has 2 atom stereocenters. The van der Waals surface area contributed by atoms with Crippen molar-refractivity contribution in [2.45, 2.75) is 287 Å². The third-order valence-corrected chi connectivity index (χ3v) is 12.7. The molecule has 0 fully saturated rings. The molecule has 16 nitrogen and oxygen atoms in total. The number of urea groups is 1. The molecule has 1 N–H and O–H groups in total. The molecule has 0 saturated carbocycles. The second kappa shape index (κ2) is 75.2. The number of carbonyl (C=O) groups excluding carboxylic acids is 7. The van der Waals surface area contributed by atoms with E-state index in [1.165, 1.54) is 179 Å². The fraction of sp³-hybridized carbons (Fsp3) is 0.894. The number of esters is 4. The average Bonchev–Trinajstić information content (AvgIpc) is 3.45. The average molecular weight is 1170 g/mol. The lowest BCUT2D eigenvalue weighted by Crippen LogP contribution is -2.45. The van der Waals surface area contributed by atoms with Crippen LogP contribution < -0.4 is 5.32 Å². The Labute approximate surface area is 503 Å². The molecule has 0 aliphatic carbocycles. The van der Waals surface area contributed by atoms with Crippen LogP contribution in [0, 0.1) is 11.8 Å². The fourth-order valence-electron chi connectivity index (χ4n) is 7.96. The SMILES string of the molecule is CCC.CCC.CCCCCCCCCCCC.CCCCCCCCCCCC(=O)OCC(COC)CC(=O)OCCN(CCOC(=O)CC(COC=O)COC(=O)CC)C(=O)NCCN(C)C.CCCCCCCCCCCC=O. The molecule has 0 aromatic rings. The Morgan fingerprint density at radius 1 is 0.439 bits per heavy atom. The van der Waals surface area contributed by atoms with E-state index >= 15 is 0 Å². The molecule has 0 rings (SSSR count). The van der Waals surface area contributed by atoms with E-state index in [9.17, 15) is 33.6 Å². The molecule has 16 heteroatoms. The van der Waals surface area contributed by atoms with E-state index in [1.807, 2.05) is 19.0 Å². The Morgan fingerprint density at radius 3 is 1.16 bits per heavy atom. The number of ether oxygens (including phenoxy) is 6. The van der Waals surface area contributed by atoms with Crippen molar-refractivity contribution in [3.63, 3.8) is 0 Å². The molecule has 0 spiro atoms. The van der Waals surface area contributed by atoms with Gasteiger partial charge in [-0.2, -0.15) is 0 Å². The van der Waals surface area contributed by atoms with Crippen LogP contribution in [0.15, 0.2) is 0 Å². The molecule has 0 radical (unpaired) electrons. The molecular weight excluding hydrogens is 1040 g/mol. The molecule has 0 aliphatic rings. The van der Waals surface area contributed by atoms with Gasteiger partial charge in [0.2, 0.25) is 0 Å². The zero-order valence-corrected chi connectivity index (χ0v) is 55.3. The van der Waals surface area contributed by atoms with Gasteiger partial charge in [0.05, 0.1) is 52.4 Å². The van der Waals surface area contributed by atoms with Crippen LogP contribution in [-0.2, 0) is 57.2 Å². The van der Waals surface area contributed by atoms with Crippen LogP contribution >= 0.6 is 0 Å². The van der Waals surface area contributed by atoms with Crippen molar-refractivity contribution in [1.29, 1.82) is 0 Å². The van der Waals surface area contributed by atoms with Gasteiger partial charge in [0.25, 0.3) is 6.47 Å². The minimum atomic E-state index is -0.625. The van der Waals surface area contributed by atoms with E-state index in [-0.39, 0.29) is 90.4 Å². The van der Waals surface area contributed by atoms with E-state index in [2.05, 4.69) is 60.7 Å². The van der Waals surface area contributed by atoms with Gasteiger partial charge in [0.1, 0.15) is 19.5 Å². The number of likely N-dealkylation sites (N-methyl/N-ethyl adjacent to an activating group) is 1. The zero-order chi connectivity index (χ0) is 62.4. The molecule has 0 aliphatic heterocycles. The van der Waals surface area contributed by atoms with Crippen LogP contribution in [0.3, 0.4) is 0 Å². The molecule has 82 heavy (non-hydrogen) atoms. The second-order valence-corrected chi connectivity index (χ2v) is 21.8. The van der Waals surface area contributed by atoms with Crippen molar-refractivity contribution < 1.29 is 62.0 Å². The molecule has 2 amide bonds. The summed E-state index contributed by atoms with van der Waals surface area (Å²) in [6, 6.07) is -0.427. The first kappa shape index (κ1) is 87.0. The third-order valence-electron chi connectivity index (χ3n) is 12.7. The molecule has 0 aromatic carbocycles. The highest BCUT2D eigenvalue weighted by Gasteiger charge is 2.21. The van der Waals surface area contributed by atoms with Crippen molar-refractivity contribution in [2.24, 2.45) is 11.8 Å². The number of nitrogens with zero attached hydrogens (tertiary/aromatic N) is 2. The Bertz CT molecular complexity index is 1360. The molecule has 488 valence electrons. The van der Waals surface area contributed by atoms with Gasteiger partial charge in [-0.1, -0.05) is 242 Å². The van der Waals surface area contributed by atoms with Crippen LogP contribution in [0.25, 0.3) is 0 Å². The molecule has 2 unspecified atom stereocenters. The first-order valence-corrected chi connectivity index (χ1v) is 33.0. The van der Waals surface area contributed by atoms with Gasteiger partial charge in [0, 0.05) is 51.3 Å². The van der Waals surface area contributed by atoms with Gasteiger partial charge < -0.3 is 48.3 Å². The van der Waals surface area contributed by atoms with Gasteiger partial charge in [-0.3, -0.25) is 24.0 Å². The fourth-order valence-corrected chi connectivity index (χ4v) is 7.96. The lowest BCUT2D eigenvalue weighted by Gasteiger charge is -2.24. The summed E-state index contributed by atoms with van der Waals surface area (Å²) in [5, 5.41) is 2.79. The summed E-state index contributed by atoms with van der Waals surface area (Å²) in [4.78, 5) is 85.7. The minimum absolute atomic E-state index is 0.0125. The molecule has 0 aromatic heterocycles. The van der Waals surface area contributed by atoms with Crippen molar-refractivity contribution in [3.8, 4) is 0 Å². The molecule has 0 saturated heterocycles. The van der Waals surface area contributed by atoms with Crippen LogP contribution in [-0.4, -0.2) is 139 Å².